The number of carbonyl (C=O) groups is 3. The number of nitrogens with one attached hydrogen (secondary N) is 1. The van der Waals surface area contributed by atoms with Crippen LogP contribution in [0.15, 0.2) is 29.2 Å². The second-order valence-corrected chi connectivity index (χ2v) is 11.8. The molecule has 1 aliphatic heterocycles. The molecule has 3 rings (SSSR count). The van der Waals surface area contributed by atoms with Crippen LogP contribution >= 0.6 is 7.60 Å². The highest BCUT2D eigenvalue weighted by Crippen LogP contribution is 2.42. The molecule has 0 saturated carbocycles. The van der Waals surface area contributed by atoms with E-state index in [9.17, 15) is 42.5 Å². The summed E-state index contributed by atoms with van der Waals surface area (Å²) in [6, 6.07) is 2.71. The first kappa shape index (κ1) is 38.1. The molecule has 1 aromatic heterocycles. The van der Waals surface area contributed by atoms with Crippen LogP contribution in [0.4, 0.5) is 13.6 Å². The Balaban J connectivity index is 0.00000361. The van der Waals surface area contributed by atoms with Crippen LogP contribution in [0.5, 0.6) is 5.75 Å². The summed E-state index contributed by atoms with van der Waals surface area (Å²) in [6.07, 6.45) is -1.95. The first-order chi connectivity index (χ1) is 21.7. The van der Waals surface area contributed by atoms with Gasteiger partial charge in [0.25, 0.3) is 11.8 Å². The summed E-state index contributed by atoms with van der Waals surface area (Å²) >= 11 is 0. The summed E-state index contributed by atoms with van der Waals surface area (Å²) in [6.45, 7) is 5.59. The van der Waals surface area contributed by atoms with Crippen LogP contribution in [-0.4, -0.2) is 90.1 Å². The quantitative estimate of drug-likeness (QED) is 0.160. The molecule has 0 aliphatic carbocycles. The average molecular weight is 677 g/mol. The Labute approximate surface area is 264 Å². The second-order valence-electron chi connectivity index (χ2n) is 9.84. The van der Waals surface area contributed by atoms with E-state index in [0.717, 1.165) is 23.0 Å². The Morgan fingerprint density at radius 2 is 1.85 bits per heavy atom. The third-order valence-electron chi connectivity index (χ3n) is 6.41. The van der Waals surface area contributed by atoms with Crippen LogP contribution < -0.4 is 15.8 Å². The Morgan fingerprint density at radius 1 is 1.17 bits per heavy atom. The number of hydrogen-bond donors (Lipinski definition) is 3. The fourth-order valence-corrected chi connectivity index (χ4v) is 5.04. The second kappa shape index (κ2) is 17.0. The number of carbonyl (C=O) groups excluding carboxylic acids is 3. The summed E-state index contributed by atoms with van der Waals surface area (Å²) in [5.74, 6) is -4.68. The van der Waals surface area contributed by atoms with E-state index in [2.05, 4.69) is 10.1 Å². The highest BCUT2D eigenvalue weighted by atomic mass is 31.2. The molecule has 46 heavy (non-hydrogen) atoms. The number of aromatic hydroxyl groups is 1. The minimum atomic E-state index is -4.44. The number of ether oxygens (including phenoxy) is 3. The first-order valence-electron chi connectivity index (χ1n) is 14.2. The molecule has 2 aromatic rings. The van der Waals surface area contributed by atoms with E-state index >= 15 is 0 Å². The third kappa shape index (κ3) is 9.72. The van der Waals surface area contributed by atoms with Crippen molar-refractivity contribution in [2.24, 2.45) is 0 Å². The fourth-order valence-electron chi connectivity index (χ4n) is 4.23. The van der Waals surface area contributed by atoms with Gasteiger partial charge in [-0.2, -0.15) is 0 Å². The molecule has 0 radical (unpaired) electrons. The summed E-state index contributed by atoms with van der Waals surface area (Å²) in [7, 11) is -1.65. The molecule has 3 N–H and O–H groups in total. The lowest BCUT2D eigenvalue weighted by Gasteiger charge is -2.45. The number of rotatable bonds is 13. The zero-order chi connectivity index (χ0) is 34.8. The molecule has 15 nitrogen and oxygen atoms in total. The number of methoxy groups -OCH3 is 1. The SMILES string of the molecule is CC.COCCC1N(C)C(=O)c2c(O)c(=O)c(C(=O)NCc3ccc(F)cc3F)cn2N1CCP(=O)(O)OCOC(=O)OC(C)C. The average Bonchev–Trinajstić information content (AvgIpc) is 2.99. The molecule has 2 amide bonds. The van der Waals surface area contributed by atoms with Gasteiger partial charge < -0.3 is 34.4 Å². The van der Waals surface area contributed by atoms with Crippen LogP contribution in [0.3, 0.4) is 0 Å². The van der Waals surface area contributed by atoms with Gasteiger partial charge in [-0.05, 0) is 19.9 Å². The first-order valence-corrected chi connectivity index (χ1v) is 16.0. The minimum Gasteiger partial charge on any atom is -0.502 e. The maximum absolute atomic E-state index is 14.1. The molecule has 2 heterocycles. The van der Waals surface area contributed by atoms with E-state index in [1.165, 1.54) is 24.1 Å². The zero-order valence-electron chi connectivity index (χ0n) is 26.3. The van der Waals surface area contributed by atoms with Gasteiger partial charge in [0.2, 0.25) is 12.2 Å². The molecule has 0 spiro atoms. The number of hydrogen-bond acceptors (Lipinski definition) is 11. The lowest BCUT2D eigenvalue weighted by Crippen LogP contribution is -2.61. The Hall–Kier alpha value is -4.05. The van der Waals surface area contributed by atoms with Gasteiger partial charge in [-0.3, -0.25) is 33.2 Å². The van der Waals surface area contributed by atoms with Crippen molar-refractivity contribution in [3.63, 3.8) is 0 Å². The van der Waals surface area contributed by atoms with Crippen molar-refractivity contribution < 1.29 is 56.5 Å². The highest BCUT2D eigenvalue weighted by molar-refractivity contribution is 7.52. The Bertz CT molecular complexity index is 1500. The number of fused-ring (bicyclic) bond motifs is 1. The van der Waals surface area contributed by atoms with Crippen LogP contribution in [0.2, 0.25) is 0 Å². The van der Waals surface area contributed by atoms with Gasteiger partial charge in [0.15, 0.2) is 11.4 Å². The van der Waals surface area contributed by atoms with Crippen molar-refractivity contribution in [3.8, 4) is 5.75 Å². The monoisotopic (exact) mass is 676 g/mol. The number of nitrogens with zero attached hydrogens (tertiary/aromatic N) is 3. The summed E-state index contributed by atoms with van der Waals surface area (Å²) in [5, 5.41) is 14.4. The molecule has 0 fully saturated rings. The molecule has 2 unspecified atom stereocenters. The molecule has 1 aliphatic rings. The largest absolute Gasteiger partial charge is 0.510 e. The van der Waals surface area contributed by atoms with Crippen LogP contribution in [-0.2, 0) is 29.8 Å². The van der Waals surface area contributed by atoms with Gasteiger partial charge in [-0.25, -0.2) is 13.6 Å². The Kier molecular flexibility index (Phi) is 14.1. The topological polar surface area (TPSA) is 186 Å². The van der Waals surface area contributed by atoms with E-state index in [0.29, 0.717) is 6.07 Å². The van der Waals surface area contributed by atoms with E-state index in [1.54, 1.807) is 13.8 Å². The van der Waals surface area contributed by atoms with E-state index in [-0.39, 0.29) is 25.1 Å². The molecular formula is C28H39F2N4O11P. The number of aromatic nitrogens is 1. The highest BCUT2D eigenvalue weighted by Gasteiger charge is 2.39. The van der Waals surface area contributed by atoms with Gasteiger partial charge in [-0.1, -0.05) is 19.9 Å². The normalized spacial score (nSPS) is 15.4. The van der Waals surface area contributed by atoms with Crippen molar-refractivity contribution in [2.75, 3.05) is 45.3 Å². The van der Waals surface area contributed by atoms with E-state index in [4.69, 9.17) is 14.0 Å². The molecule has 2 atom stereocenters. The number of halogens is 2. The van der Waals surface area contributed by atoms with Gasteiger partial charge in [0, 0.05) is 58.1 Å². The third-order valence-corrected chi connectivity index (χ3v) is 7.68. The molecular weight excluding hydrogens is 637 g/mol. The van der Waals surface area contributed by atoms with Gasteiger partial charge in [0.1, 0.15) is 23.4 Å². The van der Waals surface area contributed by atoms with Gasteiger partial charge >= 0.3 is 13.8 Å². The van der Waals surface area contributed by atoms with Gasteiger partial charge in [0.05, 0.1) is 12.3 Å². The van der Waals surface area contributed by atoms with Crippen molar-refractivity contribution in [1.82, 2.24) is 14.9 Å². The van der Waals surface area contributed by atoms with Crippen molar-refractivity contribution in [2.45, 2.75) is 52.9 Å². The van der Waals surface area contributed by atoms with Crippen molar-refractivity contribution >= 4 is 25.6 Å². The number of pyridine rings is 1. The molecule has 256 valence electrons. The van der Waals surface area contributed by atoms with E-state index < -0.39 is 91.4 Å². The maximum Gasteiger partial charge on any atom is 0.510 e. The lowest BCUT2D eigenvalue weighted by atomic mass is 10.1. The summed E-state index contributed by atoms with van der Waals surface area (Å²) < 4.78 is 60.4. The predicted molar refractivity (Wildman–Crippen MR) is 160 cm³/mol. The summed E-state index contributed by atoms with van der Waals surface area (Å²) in [4.78, 5) is 62.3. The Morgan fingerprint density at radius 3 is 2.46 bits per heavy atom. The van der Waals surface area contributed by atoms with E-state index in [1.807, 2.05) is 13.8 Å². The molecule has 0 bridgehead atoms. The predicted octanol–water partition coefficient (Wildman–Crippen LogP) is 2.90. The van der Waals surface area contributed by atoms with Crippen LogP contribution in [0, 0.1) is 11.6 Å². The van der Waals surface area contributed by atoms with Crippen LogP contribution in [0.25, 0.3) is 0 Å². The minimum absolute atomic E-state index is 0.0831. The lowest BCUT2D eigenvalue weighted by molar-refractivity contribution is -0.0108. The fraction of sp³-hybridized carbons (Fsp3) is 0.500. The number of amides is 2. The standard InChI is InChI=1S/C26H33F2N4O11P.C2H6/c1-15(2)43-26(37)41-14-42-44(38,39)10-8-31-20(7-9-40-4)30(3)25(36)21-23(34)22(33)18(13-32(21)31)24(35)29-12-16-5-6-17(27)11-19(16)28;1-2/h5-6,11,13,15,20,34H,7-10,12,14H2,1-4H3,(H,29,35)(H,38,39);1-2H3. The smallest absolute Gasteiger partial charge is 0.502 e. The zero-order valence-corrected chi connectivity index (χ0v) is 27.2. The van der Waals surface area contributed by atoms with Crippen LogP contribution in [0.1, 0.15) is 60.5 Å². The van der Waals surface area contributed by atoms with Gasteiger partial charge in [-0.15, -0.1) is 0 Å². The molecule has 18 heteroatoms. The van der Waals surface area contributed by atoms with Crippen molar-refractivity contribution in [3.05, 3.63) is 63.1 Å². The molecule has 1 aromatic carbocycles. The maximum atomic E-state index is 14.1. The molecule has 0 saturated heterocycles. The summed E-state index contributed by atoms with van der Waals surface area (Å²) in [5.41, 5.74) is -2.45. The van der Waals surface area contributed by atoms with Crippen molar-refractivity contribution in [1.29, 1.82) is 0 Å². The number of benzene rings is 1.